The van der Waals surface area contributed by atoms with Gasteiger partial charge in [-0.2, -0.15) is 0 Å². The zero-order valence-electron chi connectivity index (χ0n) is 19.5. The molecule has 0 fully saturated rings. The Morgan fingerprint density at radius 2 is 1.76 bits per heavy atom. The van der Waals surface area contributed by atoms with E-state index in [4.69, 9.17) is 16.6 Å². The second-order valence-corrected chi connectivity index (χ2v) is 11.5. The molecule has 178 valence electrons. The number of nitrogens with one attached hydrogen (secondary N) is 1. The third-order valence-electron chi connectivity index (χ3n) is 6.05. The minimum absolute atomic E-state index is 0.177. The van der Waals surface area contributed by atoms with E-state index in [0.29, 0.717) is 18.0 Å². The van der Waals surface area contributed by atoms with Crippen LogP contribution in [0.4, 0.5) is 0 Å². The average molecular weight is 498 g/mol. The van der Waals surface area contributed by atoms with Gasteiger partial charge in [0.15, 0.2) is 9.84 Å². The number of benzene rings is 2. The van der Waals surface area contributed by atoms with E-state index in [1.165, 1.54) is 11.8 Å². The molecule has 1 amide bonds. The standard InChI is InChI=1S/C26H28ClN3O3S/c1-17(2)25-24-21(16-30(25)15-19-4-8-22(27)9-5-19)12-20(14-28-24)26(31)29-13-18-6-10-23(11-7-18)34(3,32)33/h4-12,14,17,25H,13,15-16H2,1-3H3,(H,29,31). The molecular formula is C26H28ClN3O3S. The first-order chi connectivity index (χ1) is 16.1. The SMILES string of the molecule is CC(C)C1c2ncc(C(=O)NCc3ccc(S(C)(=O)=O)cc3)cc2CN1Cc1ccc(Cl)cc1. The molecule has 0 spiro atoms. The maximum absolute atomic E-state index is 12.8. The Bertz CT molecular complexity index is 1290. The number of amides is 1. The van der Waals surface area contributed by atoms with Gasteiger partial charge in [0, 0.05) is 37.1 Å². The van der Waals surface area contributed by atoms with Gasteiger partial charge >= 0.3 is 0 Å². The first-order valence-electron chi connectivity index (χ1n) is 11.2. The maximum atomic E-state index is 12.8. The van der Waals surface area contributed by atoms with Gasteiger partial charge in [-0.1, -0.05) is 49.7 Å². The molecule has 1 aliphatic rings. The highest BCUT2D eigenvalue weighted by molar-refractivity contribution is 7.90. The van der Waals surface area contributed by atoms with Crippen LogP contribution >= 0.6 is 11.6 Å². The summed E-state index contributed by atoms with van der Waals surface area (Å²) in [6, 6.07) is 16.5. The van der Waals surface area contributed by atoms with Gasteiger partial charge in [0.05, 0.1) is 22.2 Å². The molecule has 0 saturated carbocycles. The first-order valence-corrected chi connectivity index (χ1v) is 13.4. The highest BCUT2D eigenvalue weighted by atomic mass is 35.5. The predicted molar refractivity (Wildman–Crippen MR) is 133 cm³/mol. The van der Waals surface area contributed by atoms with Crippen LogP contribution in [0.5, 0.6) is 0 Å². The molecule has 0 radical (unpaired) electrons. The molecular weight excluding hydrogens is 470 g/mol. The quantitative estimate of drug-likeness (QED) is 0.508. The largest absolute Gasteiger partial charge is 0.348 e. The lowest BCUT2D eigenvalue weighted by atomic mass is 9.99. The normalized spacial score (nSPS) is 16.0. The van der Waals surface area contributed by atoms with Crippen molar-refractivity contribution in [3.8, 4) is 0 Å². The Labute approximate surface area is 205 Å². The van der Waals surface area contributed by atoms with Crippen molar-refractivity contribution in [1.29, 1.82) is 0 Å². The van der Waals surface area contributed by atoms with Crippen LogP contribution in [0, 0.1) is 5.92 Å². The molecule has 2 aromatic carbocycles. The van der Waals surface area contributed by atoms with E-state index in [1.807, 2.05) is 30.3 Å². The van der Waals surface area contributed by atoms with Gasteiger partial charge < -0.3 is 5.32 Å². The van der Waals surface area contributed by atoms with Crippen LogP contribution in [0.3, 0.4) is 0 Å². The van der Waals surface area contributed by atoms with Crippen LogP contribution < -0.4 is 5.32 Å². The Morgan fingerprint density at radius 3 is 2.38 bits per heavy atom. The van der Waals surface area contributed by atoms with Crippen LogP contribution in [-0.4, -0.2) is 30.5 Å². The zero-order valence-corrected chi connectivity index (χ0v) is 21.0. The van der Waals surface area contributed by atoms with Crippen LogP contribution in [0.15, 0.2) is 65.7 Å². The fourth-order valence-corrected chi connectivity index (χ4v) is 5.14. The Balaban J connectivity index is 1.46. The van der Waals surface area contributed by atoms with Crippen molar-refractivity contribution in [2.24, 2.45) is 5.92 Å². The van der Waals surface area contributed by atoms with E-state index >= 15 is 0 Å². The number of aromatic nitrogens is 1. The Hall–Kier alpha value is -2.74. The number of pyridine rings is 1. The van der Waals surface area contributed by atoms with Crippen LogP contribution in [0.2, 0.25) is 5.02 Å². The summed E-state index contributed by atoms with van der Waals surface area (Å²) in [7, 11) is -3.24. The van der Waals surface area contributed by atoms with Crippen molar-refractivity contribution in [3.63, 3.8) is 0 Å². The van der Waals surface area contributed by atoms with Crippen molar-refractivity contribution in [2.75, 3.05) is 6.26 Å². The third kappa shape index (κ3) is 5.49. The van der Waals surface area contributed by atoms with Crippen molar-refractivity contribution < 1.29 is 13.2 Å². The Morgan fingerprint density at radius 1 is 1.12 bits per heavy atom. The zero-order chi connectivity index (χ0) is 24.5. The number of halogens is 1. The lowest BCUT2D eigenvalue weighted by Crippen LogP contribution is -2.25. The van der Waals surface area contributed by atoms with E-state index < -0.39 is 9.84 Å². The minimum Gasteiger partial charge on any atom is -0.348 e. The lowest BCUT2D eigenvalue weighted by Gasteiger charge is -2.27. The second-order valence-electron chi connectivity index (χ2n) is 9.09. The molecule has 1 unspecified atom stereocenters. The number of nitrogens with zero attached hydrogens (tertiary/aromatic N) is 2. The summed E-state index contributed by atoms with van der Waals surface area (Å²) < 4.78 is 23.2. The van der Waals surface area contributed by atoms with Crippen molar-refractivity contribution in [2.45, 2.75) is 44.4 Å². The highest BCUT2D eigenvalue weighted by Crippen LogP contribution is 2.38. The third-order valence-corrected chi connectivity index (χ3v) is 7.43. The summed E-state index contributed by atoms with van der Waals surface area (Å²) in [6.45, 7) is 6.18. The van der Waals surface area contributed by atoms with Crippen LogP contribution in [0.1, 0.15) is 52.6 Å². The van der Waals surface area contributed by atoms with Crippen molar-refractivity contribution in [1.82, 2.24) is 15.2 Å². The summed E-state index contributed by atoms with van der Waals surface area (Å²) in [5.41, 5.74) is 4.61. The monoisotopic (exact) mass is 497 g/mol. The lowest BCUT2D eigenvalue weighted by molar-refractivity contribution is 0.0950. The summed E-state index contributed by atoms with van der Waals surface area (Å²) in [6.07, 6.45) is 2.81. The minimum atomic E-state index is -3.24. The molecule has 1 N–H and O–H groups in total. The van der Waals surface area contributed by atoms with Gasteiger partial charge in [-0.15, -0.1) is 0 Å². The molecule has 8 heteroatoms. The number of hydrogen-bond acceptors (Lipinski definition) is 5. The van der Waals surface area contributed by atoms with E-state index in [9.17, 15) is 13.2 Å². The predicted octanol–water partition coefficient (Wildman–Crippen LogP) is 4.78. The fraction of sp³-hybridized carbons (Fsp3) is 0.308. The van der Waals surface area contributed by atoms with Crippen LogP contribution in [-0.2, 0) is 29.5 Å². The molecule has 34 heavy (non-hydrogen) atoms. The molecule has 3 aromatic rings. The molecule has 0 saturated heterocycles. The number of hydrogen-bond donors (Lipinski definition) is 1. The van der Waals surface area contributed by atoms with Crippen molar-refractivity contribution in [3.05, 3.63) is 93.8 Å². The van der Waals surface area contributed by atoms with Gasteiger partial charge in [0.2, 0.25) is 0 Å². The number of fused-ring (bicyclic) bond motifs is 1. The average Bonchev–Trinajstić information content (AvgIpc) is 3.16. The molecule has 4 rings (SSSR count). The maximum Gasteiger partial charge on any atom is 0.253 e. The molecule has 0 aliphatic carbocycles. The summed E-state index contributed by atoms with van der Waals surface area (Å²) in [5.74, 6) is 0.162. The molecule has 1 atom stereocenters. The number of carbonyl (C=O) groups is 1. The van der Waals surface area contributed by atoms with Gasteiger partial charge in [0.25, 0.3) is 5.91 Å². The Kier molecular flexibility index (Phi) is 7.07. The van der Waals surface area contributed by atoms with E-state index in [-0.39, 0.29) is 16.8 Å². The summed E-state index contributed by atoms with van der Waals surface area (Å²) in [4.78, 5) is 20.1. The number of rotatable bonds is 7. The van der Waals surface area contributed by atoms with E-state index in [0.717, 1.165) is 34.9 Å². The van der Waals surface area contributed by atoms with Gasteiger partial charge in [-0.05, 0) is 52.9 Å². The fourth-order valence-electron chi connectivity index (χ4n) is 4.38. The molecule has 1 aliphatic heterocycles. The smallest absolute Gasteiger partial charge is 0.253 e. The topological polar surface area (TPSA) is 79.4 Å². The van der Waals surface area contributed by atoms with E-state index in [2.05, 4.69) is 24.1 Å². The van der Waals surface area contributed by atoms with Gasteiger partial charge in [-0.25, -0.2) is 8.42 Å². The molecule has 2 heterocycles. The second kappa shape index (κ2) is 9.86. The van der Waals surface area contributed by atoms with Crippen LogP contribution in [0.25, 0.3) is 0 Å². The van der Waals surface area contributed by atoms with Gasteiger partial charge in [0.1, 0.15) is 0 Å². The first kappa shape index (κ1) is 24.4. The number of sulfone groups is 1. The highest BCUT2D eigenvalue weighted by Gasteiger charge is 2.34. The summed E-state index contributed by atoms with van der Waals surface area (Å²) in [5, 5.41) is 3.62. The van der Waals surface area contributed by atoms with E-state index in [1.54, 1.807) is 30.5 Å². The number of carbonyl (C=O) groups excluding carboxylic acids is 1. The summed E-state index contributed by atoms with van der Waals surface area (Å²) >= 11 is 6.03. The molecule has 1 aromatic heterocycles. The van der Waals surface area contributed by atoms with Crippen molar-refractivity contribution >= 4 is 27.3 Å². The molecule has 0 bridgehead atoms. The van der Waals surface area contributed by atoms with Gasteiger partial charge in [-0.3, -0.25) is 14.7 Å². The molecule has 6 nitrogen and oxygen atoms in total.